The van der Waals surface area contributed by atoms with Crippen molar-refractivity contribution in [2.75, 3.05) is 5.75 Å². The molecule has 0 aromatic heterocycles. The van der Waals surface area contributed by atoms with E-state index in [1.165, 1.54) is 12.1 Å². The quantitative estimate of drug-likeness (QED) is 0.844. The monoisotopic (exact) mass is 256 g/mol. The zero-order chi connectivity index (χ0) is 12.9. The van der Waals surface area contributed by atoms with Crippen molar-refractivity contribution >= 4 is 15.8 Å². The van der Waals surface area contributed by atoms with Crippen LogP contribution in [0.4, 0.5) is 0 Å². The summed E-state index contributed by atoms with van der Waals surface area (Å²) in [5, 5.41) is 8.95. The van der Waals surface area contributed by atoms with Crippen molar-refractivity contribution in [1.29, 1.82) is 0 Å². The van der Waals surface area contributed by atoms with Crippen LogP contribution in [0, 0.1) is 5.92 Å². The van der Waals surface area contributed by atoms with E-state index in [4.69, 9.17) is 5.11 Å². The Labute approximate surface area is 101 Å². The van der Waals surface area contributed by atoms with Gasteiger partial charge in [-0.25, -0.2) is 8.42 Å². The van der Waals surface area contributed by atoms with Crippen LogP contribution in [0.1, 0.15) is 19.8 Å². The third-order valence-corrected chi connectivity index (χ3v) is 4.34. The number of aliphatic carboxylic acids is 1. The molecule has 0 aliphatic carbocycles. The summed E-state index contributed by atoms with van der Waals surface area (Å²) in [4.78, 5) is 11.1. The molecule has 1 atom stereocenters. The molecule has 0 fully saturated rings. The van der Waals surface area contributed by atoms with Gasteiger partial charge in [-0.2, -0.15) is 0 Å². The van der Waals surface area contributed by atoms with Crippen molar-refractivity contribution in [3.63, 3.8) is 0 Å². The molecule has 0 saturated carbocycles. The van der Waals surface area contributed by atoms with Crippen molar-refractivity contribution in [1.82, 2.24) is 0 Å². The summed E-state index contributed by atoms with van der Waals surface area (Å²) in [5.74, 6) is -2.21. The highest BCUT2D eigenvalue weighted by Gasteiger charge is 2.25. The summed E-state index contributed by atoms with van der Waals surface area (Å²) >= 11 is 0. The fourth-order valence-corrected chi connectivity index (χ4v) is 3.22. The van der Waals surface area contributed by atoms with Crippen LogP contribution in [-0.2, 0) is 14.6 Å². The minimum absolute atomic E-state index is 0.183. The molecule has 1 rings (SSSR count). The second-order valence-corrected chi connectivity index (χ2v) is 5.95. The van der Waals surface area contributed by atoms with E-state index < -0.39 is 21.7 Å². The first-order valence-electron chi connectivity index (χ1n) is 5.48. The van der Waals surface area contributed by atoms with Gasteiger partial charge >= 0.3 is 5.97 Å². The van der Waals surface area contributed by atoms with Crippen LogP contribution in [0.3, 0.4) is 0 Å². The van der Waals surface area contributed by atoms with Gasteiger partial charge in [-0.3, -0.25) is 4.79 Å². The van der Waals surface area contributed by atoms with Crippen molar-refractivity contribution in [2.45, 2.75) is 24.7 Å². The van der Waals surface area contributed by atoms with Crippen molar-refractivity contribution in [3.05, 3.63) is 30.3 Å². The number of hydrogen-bond donors (Lipinski definition) is 1. The standard InChI is InChI=1S/C12H16O4S/c1-2-6-10(12(13)14)9-17(15,16)11-7-4-3-5-8-11/h3-5,7-8,10H,2,6,9H2,1H3,(H,13,14). The molecule has 0 radical (unpaired) electrons. The van der Waals surface area contributed by atoms with Gasteiger partial charge in [0.1, 0.15) is 0 Å². The van der Waals surface area contributed by atoms with Crippen molar-refractivity contribution in [3.8, 4) is 0 Å². The summed E-state index contributed by atoms with van der Waals surface area (Å²) in [7, 11) is -3.51. The Balaban J connectivity index is 2.89. The molecule has 94 valence electrons. The van der Waals surface area contributed by atoms with Gasteiger partial charge in [-0.15, -0.1) is 0 Å². The lowest BCUT2D eigenvalue weighted by molar-refractivity contribution is -0.141. The van der Waals surface area contributed by atoms with Crippen molar-refractivity contribution < 1.29 is 18.3 Å². The molecule has 1 N–H and O–H groups in total. The van der Waals surface area contributed by atoms with E-state index in [1.807, 2.05) is 6.92 Å². The maximum Gasteiger partial charge on any atom is 0.307 e. The van der Waals surface area contributed by atoms with Crippen LogP contribution in [0.5, 0.6) is 0 Å². The van der Waals surface area contributed by atoms with Crippen molar-refractivity contribution in [2.24, 2.45) is 5.92 Å². The molecular weight excluding hydrogens is 240 g/mol. The Morgan fingerprint density at radius 2 is 1.88 bits per heavy atom. The average Bonchev–Trinajstić information content (AvgIpc) is 2.29. The van der Waals surface area contributed by atoms with Crippen LogP contribution in [0.25, 0.3) is 0 Å². The first-order chi connectivity index (χ1) is 7.97. The highest BCUT2D eigenvalue weighted by atomic mass is 32.2. The lowest BCUT2D eigenvalue weighted by Crippen LogP contribution is -2.23. The van der Waals surface area contributed by atoms with Gasteiger partial charge in [0, 0.05) is 0 Å². The predicted molar refractivity (Wildman–Crippen MR) is 64.5 cm³/mol. The van der Waals surface area contributed by atoms with Crippen LogP contribution < -0.4 is 0 Å². The number of hydrogen-bond acceptors (Lipinski definition) is 3. The molecule has 0 saturated heterocycles. The molecule has 0 heterocycles. The molecule has 1 unspecified atom stereocenters. The largest absolute Gasteiger partial charge is 0.481 e. The highest BCUT2D eigenvalue weighted by molar-refractivity contribution is 7.91. The summed E-state index contributed by atoms with van der Waals surface area (Å²) in [5.41, 5.74) is 0. The zero-order valence-electron chi connectivity index (χ0n) is 9.67. The molecule has 0 aliphatic rings. The highest BCUT2D eigenvalue weighted by Crippen LogP contribution is 2.17. The molecule has 0 bridgehead atoms. The zero-order valence-corrected chi connectivity index (χ0v) is 10.5. The maximum absolute atomic E-state index is 12.0. The third kappa shape index (κ3) is 3.85. The number of carbonyl (C=O) groups is 1. The van der Waals surface area contributed by atoms with E-state index in [0.717, 1.165) is 0 Å². The molecular formula is C12H16O4S. The SMILES string of the molecule is CCCC(CS(=O)(=O)c1ccccc1)C(=O)O. The van der Waals surface area contributed by atoms with Gasteiger partial charge < -0.3 is 5.11 Å². The van der Waals surface area contributed by atoms with Gasteiger partial charge in [0.05, 0.1) is 16.6 Å². The number of benzene rings is 1. The Morgan fingerprint density at radius 1 is 1.29 bits per heavy atom. The number of carboxylic acids is 1. The lowest BCUT2D eigenvalue weighted by Gasteiger charge is -2.11. The fraction of sp³-hybridized carbons (Fsp3) is 0.417. The maximum atomic E-state index is 12.0. The fourth-order valence-electron chi connectivity index (χ4n) is 1.62. The lowest BCUT2D eigenvalue weighted by atomic mass is 10.1. The van der Waals surface area contributed by atoms with Gasteiger partial charge in [0.2, 0.25) is 0 Å². The minimum Gasteiger partial charge on any atom is -0.481 e. The molecule has 1 aromatic carbocycles. The van der Waals surface area contributed by atoms with E-state index in [1.54, 1.807) is 18.2 Å². The number of rotatable bonds is 6. The van der Waals surface area contributed by atoms with Crippen LogP contribution in [-0.4, -0.2) is 25.2 Å². The summed E-state index contributed by atoms with van der Waals surface area (Å²) in [6, 6.07) is 7.95. The molecule has 4 nitrogen and oxygen atoms in total. The van der Waals surface area contributed by atoms with E-state index in [-0.39, 0.29) is 10.6 Å². The summed E-state index contributed by atoms with van der Waals surface area (Å²) in [6.45, 7) is 1.84. The second-order valence-electron chi connectivity index (χ2n) is 3.92. The Bertz CT molecular complexity index is 465. The van der Waals surface area contributed by atoms with Crippen LogP contribution >= 0.6 is 0 Å². The minimum atomic E-state index is -3.51. The summed E-state index contributed by atoms with van der Waals surface area (Å²) < 4.78 is 23.9. The van der Waals surface area contributed by atoms with Gasteiger partial charge in [-0.05, 0) is 18.6 Å². The first kappa shape index (κ1) is 13.7. The molecule has 17 heavy (non-hydrogen) atoms. The van der Waals surface area contributed by atoms with E-state index in [9.17, 15) is 13.2 Å². The topological polar surface area (TPSA) is 71.4 Å². The summed E-state index contributed by atoms with van der Waals surface area (Å²) in [6.07, 6.45) is 1.03. The second kappa shape index (κ2) is 5.82. The first-order valence-corrected chi connectivity index (χ1v) is 7.13. The molecule has 1 aromatic rings. The van der Waals surface area contributed by atoms with Crippen LogP contribution in [0.15, 0.2) is 35.2 Å². The van der Waals surface area contributed by atoms with E-state index >= 15 is 0 Å². The Morgan fingerprint density at radius 3 is 2.35 bits per heavy atom. The molecule has 0 amide bonds. The Kier molecular flexibility index (Phi) is 4.69. The Hall–Kier alpha value is -1.36. The third-order valence-electron chi connectivity index (χ3n) is 2.51. The van der Waals surface area contributed by atoms with E-state index in [0.29, 0.717) is 12.8 Å². The predicted octanol–water partition coefficient (Wildman–Crippen LogP) is 1.96. The number of sulfone groups is 1. The smallest absolute Gasteiger partial charge is 0.307 e. The van der Waals surface area contributed by atoms with E-state index in [2.05, 4.69) is 0 Å². The normalized spacial score (nSPS) is 13.2. The van der Waals surface area contributed by atoms with Gasteiger partial charge in [0.15, 0.2) is 9.84 Å². The average molecular weight is 256 g/mol. The number of carboxylic acid groups (broad SMARTS) is 1. The van der Waals surface area contributed by atoms with Crippen LogP contribution in [0.2, 0.25) is 0 Å². The molecule has 0 aliphatic heterocycles. The van der Waals surface area contributed by atoms with Gasteiger partial charge in [0.25, 0.3) is 0 Å². The van der Waals surface area contributed by atoms with Gasteiger partial charge in [-0.1, -0.05) is 31.5 Å². The molecule has 5 heteroatoms. The molecule has 0 spiro atoms.